The molecule has 0 aromatic heterocycles. The van der Waals surface area contributed by atoms with Crippen molar-refractivity contribution in [3.8, 4) is 11.8 Å². The van der Waals surface area contributed by atoms with Crippen molar-refractivity contribution >= 4 is 6.09 Å². The van der Waals surface area contributed by atoms with E-state index in [0.29, 0.717) is 0 Å². The van der Waals surface area contributed by atoms with Crippen LogP contribution < -0.4 is 5.32 Å². The van der Waals surface area contributed by atoms with E-state index in [-0.39, 0.29) is 13.2 Å². The fourth-order valence-corrected chi connectivity index (χ4v) is 2.08. The highest BCUT2D eigenvalue weighted by Gasteiger charge is 2.00. The number of hydrogen-bond donors (Lipinski definition) is 1. The van der Waals surface area contributed by atoms with Gasteiger partial charge in [-0.25, -0.2) is 4.79 Å². The summed E-state index contributed by atoms with van der Waals surface area (Å²) in [5.41, 5.74) is 3.23. The summed E-state index contributed by atoms with van der Waals surface area (Å²) >= 11 is 0. The van der Waals surface area contributed by atoms with Gasteiger partial charge in [-0.15, -0.1) is 0 Å². The highest BCUT2D eigenvalue weighted by atomic mass is 16.5. The van der Waals surface area contributed by atoms with Crippen LogP contribution in [0.2, 0.25) is 0 Å². The molecule has 0 aliphatic carbocycles. The van der Waals surface area contributed by atoms with Crippen molar-refractivity contribution in [2.75, 3.05) is 6.54 Å². The van der Waals surface area contributed by atoms with Crippen molar-refractivity contribution in [3.63, 3.8) is 0 Å². The molecule has 0 atom stereocenters. The van der Waals surface area contributed by atoms with Crippen molar-refractivity contribution in [1.29, 1.82) is 0 Å². The Kier molecular flexibility index (Phi) is 6.74. The van der Waals surface area contributed by atoms with Crippen molar-refractivity contribution < 1.29 is 9.53 Å². The quantitative estimate of drug-likeness (QED) is 0.850. The zero-order valence-electron chi connectivity index (χ0n) is 13.3. The molecule has 2 rings (SSSR count). The number of aryl methyl sites for hydroxylation is 1. The summed E-state index contributed by atoms with van der Waals surface area (Å²) in [6.45, 7) is 2.69. The first-order chi connectivity index (χ1) is 11.3. The number of nitrogens with one attached hydrogen (secondary N) is 1. The average Bonchev–Trinajstić information content (AvgIpc) is 2.59. The lowest BCUT2D eigenvalue weighted by Gasteiger charge is -2.04. The van der Waals surface area contributed by atoms with Crippen molar-refractivity contribution in [2.24, 2.45) is 0 Å². The summed E-state index contributed by atoms with van der Waals surface area (Å²) < 4.78 is 5.11. The van der Waals surface area contributed by atoms with Gasteiger partial charge in [0.2, 0.25) is 0 Å². The molecule has 2 aromatic rings. The molecular weight excluding hydrogens is 286 g/mol. The molecule has 0 saturated carbocycles. The predicted octanol–water partition coefficient (Wildman–Crippen LogP) is 3.92. The van der Waals surface area contributed by atoms with Crippen molar-refractivity contribution in [2.45, 2.75) is 26.4 Å². The largest absolute Gasteiger partial charge is 0.445 e. The van der Waals surface area contributed by atoms with E-state index in [9.17, 15) is 4.79 Å². The zero-order chi connectivity index (χ0) is 16.3. The van der Waals surface area contributed by atoms with Gasteiger partial charge in [-0.2, -0.15) is 0 Å². The Balaban J connectivity index is 1.71. The molecule has 0 spiro atoms. The molecule has 1 amide bonds. The lowest BCUT2D eigenvalue weighted by atomic mass is 10.1. The SMILES string of the molecule is CCCc1ccc(C#CCNC(=O)OCc2ccccc2)cc1. The third-order valence-corrected chi connectivity index (χ3v) is 3.26. The van der Waals surface area contributed by atoms with Crippen LogP contribution in [-0.4, -0.2) is 12.6 Å². The molecule has 0 aliphatic heterocycles. The van der Waals surface area contributed by atoms with E-state index in [1.165, 1.54) is 5.56 Å². The van der Waals surface area contributed by atoms with Crippen LogP contribution in [0.5, 0.6) is 0 Å². The first kappa shape index (κ1) is 16.6. The number of carbonyl (C=O) groups is 1. The van der Waals surface area contributed by atoms with E-state index in [1.54, 1.807) is 0 Å². The van der Waals surface area contributed by atoms with Crippen LogP contribution in [-0.2, 0) is 17.8 Å². The molecule has 0 bridgehead atoms. The Morgan fingerprint density at radius 2 is 1.78 bits per heavy atom. The van der Waals surface area contributed by atoms with E-state index >= 15 is 0 Å². The second-order valence-corrected chi connectivity index (χ2v) is 5.16. The Bertz CT molecular complexity index is 666. The molecular formula is C20H21NO2. The Labute approximate surface area is 137 Å². The predicted molar refractivity (Wildman–Crippen MR) is 91.9 cm³/mol. The minimum Gasteiger partial charge on any atom is -0.445 e. The number of ether oxygens (including phenoxy) is 1. The molecule has 0 saturated heterocycles. The molecule has 1 N–H and O–H groups in total. The Hall–Kier alpha value is -2.73. The van der Waals surface area contributed by atoms with Gasteiger partial charge in [0, 0.05) is 5.56 Å². The number of rotatable bonds is 5. The number of hydrogen-bond acceptors (Lipinski definition) is 2. The summed E-state index contributed by atoms with van der Waals surface area (Å²) in [6.07, 6.45) is 1.77. The molecule has 3 nitrogen and oxygen atoms in total. The molecule has 3 heteroatoms. The van der Waals surface area contributed by atoms with Crippen LogP contribution in [0.3, 0.4) is 0 Å². The molecule has 2 aromatic carbocycles. The fourth-order valence-electron chi connectivity index (χ4n) is 2.08. The highest BCUT2D eigenvalue weighted by molar-refractivity contribution is 5.67. The second-order valence-electron chi connectivity index (χ2n) is 5.16. The molecule has 0 heterocycles. The van der Waals surface area contributed by atoms with Crippen LogP contribution in [0.25, 0.3) is 0 Å². The van der Waals surface area contributed by atoms with Crippen LogP contribution in [0, 0.1) is 11.8 Å². The summed E-state index contributed by atoms with van der Waals surface area (Å²) in [4.78, 5) is 11.5. The second kappa shape index (κ2) is 9.32. The van der Waals surface area contributed by atoms with Gasteiger partial charge in [0.25, 0.3) is 0 Å². The van der Waals surface area contributed by atoms with Crippen molar-refractivity contribution in [3.05, 3.63) is 71.3 Å². The number of carbonyl (C=O) groups excluding carboxylic acids is 1. The maximum Gasteiger partial charge on any atom is 0.408 e. The Morgan fingerprint density at radius 3 is 2.48 bits per heavy atom. The maximum atomic E-state index is 11.5. The third-order valence-electron chi connectivity index (χ3n) is 3.26. The molecule has 0 radical (unpaired) electrons. The molecule has 0 aliphatic rings. The lowest BCUT2D eigenvalue weighted by Crippen LogP contribution is -2.24. The molecule has 118 valence electrons. The van der Waals surface area contributed by atoms with Crippen LogP contribution in [0.15, 0.2) is 54.6 Å². The molecule has 0 fully saturated rings. The van der Waals surface area contributed by atoms with Gasteiger partial charge in [-0.3, -0.25) is 0 Å². The van der Waals surface area contributed by atoms with E-state index in [1.807, 2.05) is 42.5 Å². The molecule has 23 heavy (non-hydrogen) atoms. The summed E-state index contributed by atoms with van der Waals surface area (Å²) in [7, 11) is 0. The summed E-state index contributed by atoms with van der Waals surface area (Å²) in [5.74, 6) is 5.94. The summed E-state index contributed by atoms with van der Waals surface area (Å²) in [6, 6.07) is 17.8. The standard InChI is InChI=1S/C20H21NO2/c1-2-7-17-11-13-18(14-12-17)10-6-15-21-20(22)23-16-19-8-4-3-5-9-19/h3-5,8-9,11-14H,2,7,15-16H2,1H3,(H,21,22). The van der Waals surface area contributed by atoms with Gasteiger partial charge >= 0.3 is 6.09 Å². The van der Waals surface area contributed by atoms with Crippen LogP contribution >= 0.6 is 0 Å². The van der Waals surface area contributed by atoms with Crippen LogP contribution in [0.4, 0.5) is 4.79 Å². The van der Waals surface area contributed by atoms with Gasteiger partial charge < -0.3 is 10.1 Å². The number of alkyl carbamates (subject to hydrolysis) is 1. The minimum absolute atomic E-state index is 0.263. The Morgan fingerprint density at radius 1 is 1.04 bits per heavy atom. The average molecular weight is 307 g/mol. The fraction of sp³-hybridized carbons (Fsp3) is 0.250. The normalized spacial score (nSPS) is 9.61. The van der Waals surface area contributed by atoms with Gasteiger partial charge in [-0.1, -0.05) is 67.6 Å². The first-order valence-electron chi connectivity index (χ1n) is 7.80. The van der Waals surface area contributed by atoms with Gasteiger partial charge in [0.05, 0.1) is 6.54 Å². The first-order valence-corrected chi connectivity index (χ1v) is 7.80. The topological polar surface area (TPSA) is 38.3 Å². The highest BCUT2D eigenvalue weighted by Crippen LogP contribution is 2.05. The van der Waals surface area contributed by atoms with Gasteiger partial charge in [0.1, 0.15) is 6.61 Å². The number of benzene rings is 2. The minimum atomic E-state index is -0.457. The monoisotopic (exact) mass is 307 g/mol. The van der Waals surface area contributed by atoms with Crippen molar-refractivity contribution in [1.82, 2.24) is 5.32 Å². The van der Waals surface area contributed by atoms with Gasteiger partial charge in [-0.05, 0) is 29.7 Å². The third kappa shape index (κ3) is 6.27. The van der Waals surface area contributed by atoms with E-state index in [0.717, 1.165) is 24.0 Å². The lowest BCUT2D eigenvalue weighted by molar-refractivity contribution is 0.141. The number of amides is 1. The van der Waals surface area contributed by atoms with E-state index in [2.05, 4.69) is 36.2 Å². The van der Waals surface area contributed by atoms with Crippen LogP contribution in [0.1, 0.15) is 30.0 Å². The molecule has 0 unspecified atom stereocenters. The smallest absolute Gasteiger partial charge is 0.408 e. The summed E-state index contributed by atoms with van der Waals surface area (Å²) in [5, 5.41) is 2.62. The van der Waals surface area contributed by atoms with E-state index in [4.69, 9.17) is 4.74 Å². The van der Waals surface area contributed by atoms with E-state index < -0.39 is 6.09 Å². The maximum absolute atomic E-state index is 11.5. The zero-order valence-corrected chi connectivity index (χ0v) is 13.3. The van der Waals surface area contributed by atoms with Gasteiger partial charge in [0.15, 0.2) is 0 Å².